The number of hydrogen-bond donors (Lipinski definition) is 1. The van der Waals surface area contributed by atoms with E-state index in [1.165, 1.54) is 24.3 Å². The second-order valence-corrected chi connectivity index (χ2v) is 3.84. The Morgan fingerprint density at radius 3 is 2.74 bits per heavy atom. The summed E-state index contributed by atoms with van der Waals surface area (Å²) in [5.74, 6) is -1.34. The van der Waals surface area contributed by atoms with Crippen molar-refractivity contribution >= 4 is 22.7 Å². The first-order valence-corrected chi connectivity index (χ1v) is 5.53. The molecule has 0 amide bonds. The van der Waals surface area contributed by atoms with E-state index in [2.05, 4.69) is 0 Å². The van der Waals surface area contributed by atoms with Crippen molar-refractivity contribution in [2.24, 2.45) is 0 Å². The van der Waals surface area contributed by atoms with Crippen molar-refractivity contribution in [1.82, 2.24) is 0 Å². The number of rotatable bonds is 4. The van der Waals surface area contributed by atoms with Gasteiger partial charge in [-0.05, 0) is 18.2 Å². The summed E-state index contributed by atoms with van der Waals surface area (Å²) in [5, 5.41) is 9.01. The highest BCUT2D eigenvalue weighted by molar-refractivity contribution is 6.12. The molecule has 0 aliphatic rings. The maximum Gasteiger partial charge on any atom is 0.336 e. The highest BCUT2D eigenvalue weighted by Crippen LogP contribution is 2.17. The molecule has 2 aromatic rings. The molecule has 2 rings (SSSR count). The predicted molar refractivity (Wildman–Crippen MR) is 68.2 cm³/mol. The van der Waals surface area contributed by atoms with E-state index in [0.717, 1.165) is 0 Å². The summed E-state index contributed by atoms with van der Waals surface area (Å²) in [7, 11) is 0. The number of carbonyl (C=O) groups excluding carboxylic acids is 1. The lowest BCUT2D eigenvalue weighted by atomic mass is 10.0. The number of aliphatic carboxylic acids is 1. The van der Waals surface area contributed by atoms with Crippen LogP contribution in [0.5, 0.6) is 0 Å². The van der Waals surface area contributed by atoms with E-state index in [9.17, 15) is 14.4 Å². The Labute approximate surface area is 107 Å². The van der Waals surface area contributed by atoms with Gasteiger partial charge in [0, 0.05) is 17.0 Å². The molecule has 0 atom stereocenters. The van der Waals surface area contributed by atoms with Gasteiger partial charge in [0.05, 0.1) is 6.42 Å². The van der Waals surface area contributed by atoms with Crippen molar-refractivity contribution in [3.8, 4) is 0 Å². The van der Waals surface area contributed by atoms with Gasteiger partial charge < -0.3 is 9.52 Å². The van der Waals surface area contributed by atoms with Crippen LogP contribution >= 0.6 is 0 Å². The van der Waals surface area contributed by atoms with Gasteiger partial charge in [-0.3, -0.25) is 9.59 Å². The van der Waals surface area contributed by atoms with E-state index in [0.29, 0.717) is 16.5 Å². The zero-order chi connectivity index (χ0) is 13.8. The zero-order valence-corrected chi connectivity index (χ0v) is 9.83. The Kier molecular flexibility index (Phi) is 3.56. The average molecular weight is 258 g/mol. The van der Waals surface area contributed by atoms with Gasteiger partial charge in [0.1, 0.15) is 5.58 Å². The lowest BCUT2D eigenvalue weighted by Crippen LogP contribution is -2.00. The summed E-state index contributed by atoms with van der Waals surface area (Å²) in [4.78, 5) is 33.4. The largest absolute Gasteiger partial charge is 0.481 e. The quantitative estimate of drug-likeness (QED) is 0.515. The van der Waals surface area contributed by atoms with Gasteiger partial charge in [-0.2, -0.15) is 0 Å². The van der Waals surface area contributed by atoms with Crippen molar-refractivity contribution in [3.05, 3.63) is 58.5 Å². The third-order valence-electron chi connectivity index (χ3n) is 2.49. The highest BCUT2D eigenvalue weighted by atomic mass is 16.4. The van der Waals surface area contributed by atoms with E-state index < -0.39 is 11.6 Å². The van der Waals surface area contributed by atoms with Crippen molar-refractivity contribution in [2.75, 3.05) is 0 Å². The predicted octanol–water partition coefficient (Wildman–Crippen LogP) is 2.01. The number of fused-ring (bicyclic) bond motifs is 1. The SMILES string of the molecule is O=C(O)C/C=C/C(=O)c1cccc2oc(=O)ccc12. The molecule has 1 aromatic carbocycles. The molecule has 0 aliphatic heterocycles. The minimum atomic E-state index is -1.01. The molecule has 1 aromatic heterocycles. The molecule has 19 heavy (non-hydrogen) atoms. The minimum Gasteiger partial charge on any atom is -0.481 e. The first-order chi connectivity index (χ1) is 9.08. The Morgan fingerprint density at radius 1 is 1.21 bits per heavy atom. The molecule has 1 N–H and O–H groups in total. The highest BCUT2D eigenvalue weighted by Gasteiger charge is 2.08. The fraction of sp³-hybridized carbons (Fsp3) is 0.0714. The Morgan fingerprint density at radius 2 is 2.00 bits per heavy atom. The van der Waals surface area contributed by atoms with Gasteiger partial charge in [-0.15, -0.1) is 0 Å². The van der Waals surface area contributed by atoms with E-state index in [-0.39, 0.29) is 12.2 Å². The van der Waals surface area contributed by atoms with E-state index >= 15 is 0 Å². The molecule has 0 aliphatic carbocycles. The molecule has 0 unspecified atom stereocenters. The molecule has 0 fully saturated rings. The summed E-state index contributed by atoms with van der Waals surface area (Å²) < 4.78 is 4.97. The third-order valence-corrected chi connectivity index (χ3v) is 2.49. The second-order valence-electron chi connectivity index (χ2n) is 3.84. The van der Waals surface area contributed by atoms with Gasteiger partial charge >= 0.3 is 11.6 Å². The van der Waals surface area contributed by atoms with Gasteiger partial charge in [0.25, 0.3) is 0 Å². The molecule has 0 spiro atoms. The fourth-order valence-electron chi connectivity index (χ4n) is 1.67. The van der Waals surface area contributed by atoms with E-state index in [1.807, 2.05) is 0 Å². The van der Waals surface area contributed by atoms with Gasteiger partial charge in [0.15, 0.2) is 5.78 Å². The van der Waals surface area contributed by atoms with Crippen LogP contribution in [-0.4, -0.2) is 16.9 Å². The minimum absolute atomic E-state index is 0.217. The molecule has 0 saturated heterocycles. The number of hydrogen-bond acceptors (Lipinski definition) is 4. The molecular formula is C14H10O5. The van der Waals surface area contributed by atoms with E-state index in [4.69, 9.17) is 9.52 Å². The maximum absolute atomic E-state index is 11.9. The van der Waals surface area contributed by atoms with Crippen LogP contribution in [0.15, 0.2) is 51.7 Å². The first-order valence-electron chi connectivity index (χ1n) is 5.53. The number of allylic oxidation sites excluding steroid dienone is 1. The van der Waals surface area contributed by atoms with Crippen molar-refractivity contribution < 1.29 is 19.1 Å². The molecule has 5 nitrogen and oxygen atoms in total. The second kappa shape index (κ2) is 5.30. The van der Waals surface area contributed by atoms with Gasteiger partial charge in [-0.25, -0.2) is 4.79 Å². The number of carboxylic acid groups (broad SMARTS) is 1. The van der Waals surface area contributed by atoms with Crippen LogP contribution in [-0.2, 0) is 4.79 Å². The Hall–Kier alpha value is -2.69. The third kappa shape index (κ3) is 2.95. The van der Waals surface area contributed by atoms with Gasteiger partial charge in [0.2, 0.25) is 0 Å². The van der Waals surface area contributed by atoms with Gasteiger partial charge in [-0.1, -0.05) is 18.2 Å². The summed E-state index contributed by atoms with van der Waals surface area (Å²) >= 11 is 0. The monoisotopic (exact) mass is 258 g/mol. The number of benzene rings is 1. The Bertz CT molecular complexity index is 724. The smallest absolute Gasteiger partial charge is 0.336 e. The van der Waals surface area contributed by atoms with Crippen LogP contribution in [0, 0.1) is 0 Å². The summed E-state index contributed by atoms with van der Waals surface area (Å²) in [5.41, 5.74) is 0.200. The molecule has 96 valence electrons. The Balaban J connectivity index is 2.40. The maximum atomic E-state index is 11.9. The molecule has 0 bridgehead atoms. The van der Waals surface area contributed by atoms with Crippen LogP contribution in [0.4, 0.5) is 0 Å². The normalized spacial score (nSPS) is 10.9. The summed E-state index contributed by atoms with van der Waals surface area (Å²) in [6.45, 7) is 0. The van der Waals surface area contributed by atoms with Crippen molar-refractivity contribution in [2.45, 2.75) is 6.42 Å². The fourth-order valence-corrected chi connectivity index (χ4v) is 1.67. The lowest BCUT2D eigenvalue weighted by Gasteiger charge is -2.01. The molecule has 5 heteroatoms. The summed E-state index contributed by atoms with van der Waals surface area (Å²) in [6, 6.07) is 7.54. The average Bonchev–Trinajstić information content (AvgIpc) is 2.37. The van der Waals surface area contributed by atoms with E-state index in [1.54, 1.807) is 18.2 Å². The molecular weight excluding hydrogens is 248 g/mol. The lowest BCUT2D eigenvalue weighted by molar-refractivity contribution is -0.135. The standard InChI is InChI=1S/C14H10O5/c15-11(4-2-6-13(16)17)9-3-1-5-12-10(9)7-8-14(18)19-12/h1-5,7-8H,6H2,(H,16,17)/b4-2+. The number of ketones is 1. The van der Waals surface area contributed by atoms with Crippen LogP contribution < -0.4 is 5.63 Å². The molecule has 0 saturated carbocycles. The van der Waals surface area contributed by atoms with Crippen LogP contribution in [0.3, 0.4) is 0 Å². The molecule has 1 heterocycles. The number of carboxylic acids is 1. The summed E-state index contributed by atoms with van der Waals surface area (Å²) in [6.07, 6.45) is 2.27. The zero-order valence-electron chi connectivity index (χ0n) is 9.83. The molecule has 0 radical (unpaired) electrons. The van der Waals surface area contributed by atoms with Crippen LogP contribution in [0.25, 0.3) is 11.0 Å². The van der Waals surface area contributed by atoms with Crippen molar-refractivity contribution in [3.63, 3.8) is 0 Å². The van der Waals surface area contributed by atoms with Crippen LogP contribution in [0.1, 0.15) is 16.8 Å². The van der Waals surface area contributed by atoms with Crippen molar-refractivity contribution in [1.29, 1.82) is 0 Å². The number of carbonyl (C=O) groups is 2. The van der Waals surface area contributed by atoms with Crippen LogP contribution in [0.2, 0.25) is 0 Å². The topological polar surface area (TPSA) is 84.6 Å². The first kappa shape index (κ1) is 12.8.